The zero-order valence-electron chi connectivity index (χ0n) is 10.8. The average molecular weight is 364 g/mol. The Hall–Kier alpha value is 0.140. The normalized spacial score (nSPS) is 13.8. The van der Waals surface area contributed by atoms with E-state index in [1.807, 2.05) is 19.1 Å². The van der Waals surface area contributed by atoms with E-state index in [1.165, 1.54) is 5.56 Å². The predicted octanol–water partition coefficient (Wildman–Crippen LogP) is 5.38. The van der Waals surface area contributed by atoms with Gasteiger partial charge in [-0.25, -0.2) is 0 Å². The summed E-state index contributed by atoms with van der Waals surface area (Å²) >= 11 is 7.03. The van der Waals surface area contributed by atoms with Gasteiger partial charge in [-0.15, -0.1) is 0 Å². The lowest BCUT2D eigenvalue weighted by Crippen LogP contribution is -2.08. The van der Waals surface area contributed by atoms with E-state index < -0.39 is 6.10 Å². The summed E-state index contributed by atoms with van der Waals surface area (Å²) in [6, 6.07) is 4.05. The van der Waals surface area contributed by atoms with E-state index in [1.54, 1.807) is 0 Å². The van der Waals surface area contributed by atoms with Crippen LogP contribution in [0.2, 0.25) is 0 Å². The smallest absolute Gasteiger partial charge is 0.0801 e. The second kappa shape index (κ2) is 5.85. The summed E-state index contributed by atoms with van der Waals surface area (Å²) < 4.78 is 2.03. The van der Waals surface area contributed by atoms with E-state index in [4.69, 9.17) is 0 Å². The van der Waals surface area contributed by atoms with Crippen LogP contribution in [0.15, 0.2) is 21.1 Å². The molecule has 0 saturated carbocycles. The van der Waals surface area contributed by atoms with Gasteiger partial charge in [0.05, 0.1) is 6.10 Å². The second-order valence-electron chi connectivity index (χ2n) is 5.74. The van der Waals surface area contributed by atoms with Gasteiger partial charge in [0.1, 0.15) is 0 Å². The number of rotatable bonds is 3. The highest BCUT2D eigenvalue weighted by Crippen LogP contribution is 2.33. The number of aliphatic hydroxyl groups excluding tert-OH is 1. The Morgan fingerprint density at radius 3 is 2.29 bits per heavy atom. The first-order valence-electron chi connectivity index (χ1n) is 5.84. The summed E-state index contributed by atoms with van der Waals surface area (Å²) in [5, 5.41) is 10.2. The Kier molecular flexibility index (Phi) is 5.23. The van der Waals surface area contributed by atoms with Crippen LogP contribution in [0.4, 0.5) is 0 Å². The van der Waals surface area contributed by atoms with E-state index in [0.29, 0.717) is 0 Å². The molecule has 0 saturated heterocycles. The number of aliphatic hydroxyl groups is 1. The highest BCUT2D eigenvalue weighted by atomic mass is 79.9. The van der Waals surface area contributed by atoms with Gasteiger partial charge in [0.25, 0.3) is 0 Å². The van der Waals surface area contributed by atoms with Crippen molar-refractivity contribution in [1.82, 2.24) is 0 Å². The molecule has 0 heterocycles. The Bertz CT molecular complexity index is 394. The summed E-state index contributed by atoms with van der Waals surface area (Å²) in [5.41, 5.74) is 2.39. The van der Waals surface area contributed by atoms with Gasteiger partial charge in [-0.1, -0.05) is 52.6 Å². The third kappa shape index (κ3) is 4.72. The summed E-state index contributed by atoms with van der Waals surface area (Å²) in [6.45, 7) is 8.62. The maximum atomic E-state index is 10.2. The average Bonchev–Trinajstić information content (AvgIpc) is 2.19. The van der Waals surface area contributed by atoms with Crippen molar-refractivity contribution in [3.63, 3.8) is 0 Å². The molecule has 0 aliphatic heterocycles. The van der Waals surface area contributed by atoms with E-state index in [-0.39, 0.29) is 5.41 Å². The van der Waals surface area contributed by atoms with Crippen molar-refractivity contribution in [2.45, 2.75) is 46.6 Å². The van der Waals surface area contributed by atoms with E-state index in [0.717, 1.165) is 27.4 Å². The van der Waals surface area contributed by atoms with E-state index in [9.17, 15) is 5.11 Å². The first-order valence-corrected chi connectivity index (χ1v) is 7.43. The molecule has 0 radical (unpaired) electrons. The molecule has 0 fully saturated rings. The topological polar surface area (TPSA) is 20.2 Å². The van der Waals surface area contributed by atoms with Crippen molar-refractivity contribution in [2.24, 2.45) is 5.41 Å². The van der Waals surface area contributed by atoms with Gasteiger partial charge in [0.15, 0.2) is 0 Å². The number of hydrogen-bond acceptors (Lipinski definition) is 1. The van der Waals surface area contributed by atoms with Gasteiger partial charge in [0, 0.05) is 8.95 Å². The summed E-state index contributed by atoms with van der Waals surface area (Å²) in [5.74, 6) is 0. The van der Waals surface area contributed by atoms with Crippen molar-refractivity contribution in [3.05, 3.63) is 32.2 Å². The van der Waals surface area contributed by atoms with Crippen molar-refractivity contribution in [2.75, 3.05) is 0 Å². The standard InChI is InChI=1S/C14H20Br2O/c1-9-7-12(16)10(8-11(9)15)13(17)5-6-14(2,3)4/h7-8,13,17H,5-6H2,1-4H3. The quantitative estimate of drug-likeness (QED) is 0.764. The van der Waals surface area contributed by atoms with Crippen molar-refractivity contribution < 1.29 is 5.11 Å². The van der Waals surface area contributed by atoms with Crippen LogP contribution in [-0.2, 0) is 0 Å². The minimum absolute atomic E-state index is 0.259. The molecule has 3 heteroatoms. The monoisotopic (exact) mass is 362 g/mol. The molecule has 1 rings (SSSR count). The Morgan fingerprint density at radius 1 is 1.18 bits per heavy atom. The number of benzene rings is 1. The maximum Gasteiger partial charge on any atom is 0.0801 e. The van der Waals surface area contributed by atoms with Crippen LogP contribution >= 0.6 is 31.9 Å². The summed E-state index contributed by atoms with van der Waals surface area (Å²) in [4.78, 5) is 0. The second-order valence-corrected chi connectivity index (χ2v) is 7.45. The molecule has 0 aliphatic rings. The van der Waals surface area contributed by atoms with Crippen molar-refractivity contribution in [3.8, 4) is 0 Å². The Morgan fingerprint density at radius 2 is 1.76 bits per heavy atom. The van der Waals surface area contributed by atoms with Crippen LogP contribution in [0.25, 0.3) is 0 Å². The minimum atomic E-state index is -0.402. The molecule has 1 aromatic carbocycles. The SMILES string of the molecule is Cc1cc(Br)c(C(O)CCC(C)(C)C)cc1Br. The van der Waals surface area contributed by atoms with Gasteiger partial charge in [0.2, 0.25) is 0 Å². The Labute approximate surface area is 121 Å². The molecular weight excluding hydrogens is 344 g/mol. The third-order valence-electron chi connectivity index (χ3n) is 2.80. The molecule has 0 spiro atoms. The lowest BCUT2D eigenvalue weighted by molar-refractivity contribution is 0.147. The lowest BCUT2D eigenvalue weighted by Gasteiger charge is -2.21. The van der Waals surface area contributed by atoms with Gasteiger partial charge in [-0.05, 0) is 48.4 Å². The van der Waals surface area contributed by atoms with Gasteiger partial charge in [-0.2, -0.15) is 0 Å². The zero-order valence-corrected chi connectivity index (χ0v) is 14.0. The Balaban J connectivity index is 2.82. The van der Waals surface area contributed by atoms with Crippen LogP contribution in [0.5, 0.6) is 0 Å². The summed E-state index contributed by atoms with van der Waals surface area (Å²) in [7, 11) is 0. The number of aryl methyl sites for hydroxylation is 1. The molecule has 17 heavy (non-hydrogen) atoms. The molecule has 1 nitrogen and oxygen atoms in total. The van der Waals surface area contributed by atoms with E-state index >= 15 is 0 Å². The molecule has 1 aromatic rings. The zero-order chi connectivity index (χ0) is 13.2. The fraction of sp³-hybridized carbons (Fsp3) is 0.571. The van der Waals surface area contributed by atoms with Gasteiger partial charge >= 0.3 is 0 Å². The molecule has 0 aliphatic carbocycles. The first-order chi connectivity index (χ1) is 7.70. The minimum Gasteiger partial charge on any atom is -0.388 e. The fourth-order valence-electron chi connectivity index (χ4n) is 1.64. The van der Waals surface area contributed by atoms with Crippen molar-refractivity contribution >= 4 is 31.9 Å². The van der Waals surface area contributed by atoms with Crippen LogP contribution in [0, 0.1) is 12.3 Å². The molecule has 0 amide bonds. The molecule has 96 valence electrons. The summed E-state index contributed by atoms with van der Waals surface area (Å²) in [6.07, 6.45) is 1.39. The van der Waals surface area contributed by atoms with Gasteiger partial charge in [-0.3, -0.25) is 0 Å². The lowest BCUT2D eigenvalue weighted by atomic mass is 9.88. The maximum absolute atomic E-state index is 10.2. The molecule has 1 atom stereocenters. The fourth-order valence-corrected chi connectivity index (χ4v) is 2.73. The molecule has 0 aromatic heterocycles. The molecule has 1 unspecified atom stereocenters. The largest absolute Gasteiger partial charge is 0.388 e. The van der Waals surface area contributed by atoms with Crippen LogP contribution in [0.3, 0.4) is 0 Å². The van der Waals surface area contributed by atoms with Crippen LogP contribution < -0.4 is 0 Å². The highest BCUT2D eigenvalue weighted by Gasteiger charge is 2.17. The number of hydrogen-bond donors (Lipinski definition) is 1. The van der Waals surface area contributed by atoms with Gasteiger partial charge < -0.3 is 5.11 Å². The third-order valence-corrected chi connectivity index (χ3v) is 4.35. The number of halogens is 2. The van der Waals surface area contributed by atoms with E-state index in [2.05, 4.69) is 52.6 Å². The van der Waals surface area contributed by atoms with Crippen LogP contribution in [-0.4, -0.2) is 5.11 Å². The first kappa shape index (κ1) is 15.2. The van der Waals surface area contributed by atoms with Crippen LogP contribution in [0.1, 0.15) is 50.8 Å². The predicted molar refractivity (Wildman–Crippen MR) is 80.2 cm³/mol. The van der Waals surface area contributed by atoms with Crippen molar-refractivity contribution in [1.29, 1.82) is 0 Å². The molecular formula is C14H20Br2O. The highest BCUT2D eigenvalue weighted by molar-refractivity contribution is 9.11. The molecule has 1 N–H and O–H groups in total. The molecule has 0 bridgehead atoms.